The Kier molecular flexibility index (Phi) is 7.95. The summed E-state index contributed by atoms with van der Waals surface area (Å²) < 4.78 is 6.27. The molecule has 0 spiro atoms. The lowest BCUT2D eigenvalue weighted by Gasteiger charge is -1.91. The third-order valence-electron chi connectivity index (χ3n) is 0.650. The van der Waals surface area contributed by atoms with Crippen molar-refractivity contribution in [1.82, 2.24) is 0 Å². The predicted octanol–water partition coefficient (Wildman–Crippen LogP) is -3.10. The van der Waals surface area contributed by atoms with Crippen molar-refractivity contribution in [3.8, 4) is 0 Å². The molecule has 0 radical (unpaired) electrons. The van der Waals surface area contributed by atoms with Crippen molar-refractivity contribution >= 4 is 12.2 Å². The molecule has 0 aliphatic rings. The molecule has 0 unspecified atom stereocenters. The standard InChI is InChI=1S/C6H12NO2.ClH/c1-4-9-6(8)5-7(2)3;/h5H,4H2,1-3H3;1H/q+1;/p-1. The average molecular weight is 166 g/mol. The van der Waals surface area contributed by atoms with E-state index >= 15 is 0 Å². The summed E-state index contributed by atoms with van der Waals surface area (Å²) in [6, 6.07) is 0. The molecule has 0 saturated heterocycles. The van der Waals surface area contributed by atoms with Gasteiger partial charge in [0.15, 0.2) is 0 Å². The predicted molar refractivity (Wildman–Crippen MR) is 34.8 cm³/mol. The Morgan fingerprint density at radius 3 is 2.40 bits per heavy atom. The lowest BCUT2D eigenvalue weighted by atomic mass is 10.7. The highest BCUT2D eigenvalue weighted by molar-refractivity contribution is 6.20. The van der Waals surface area contributed by atoms with Crippen LogP contribution >= 0.6 is 0 Å². The van der Waals surface area contributed by atoms with Crippen molar-refractivity contribution < 1.29 is 26.5 Å². The Hall–Kier alpha value is -0.570. The van der Waals surface area contributed by atoms with Gasteiger partial charge in [-0.3, -0.25) is 0 Å². The summed E-state index contributed by atoms with van der Waals surface area (Å²) in [5.74, 6) is -0.289. The van der Waals surface area contributed by atoms with E-state index in [0.717, 1.165) is 0 Å². The third kappa shape index (κ3) is 7.43. The maximum Gasteiger partial charge on any atom is 0.395 e. The number of rotatable bonds is 2. The smallest absolute Gasteiger partial charge is 0.395 e. The first-order valence-electron chi connectivity index (χ1n) is 2.85. The Bertz CT molecular complexity index is 130. The van der Waals surface area contributed by atoms with E-state index in [1.54, 1.807) is 25.6 Å². The van der Waals surface area contributed by atoms with Gasteiger partial charge >= 0.3 is 5.97 Å². The van der Waals surface area contributed by atoms with Crippen LogP contribution in [-0.2, 0) is 9.53 Å². The van der Waals surface area contributed by atoms with Crippen molar-refractivity contribution in [3.05, 3.63) is 0 Å². The summed E-state index contributed by atoms with van der Waals surface area (Å²) in [6.07, 6.45) is 1.39. The number of nitrogens with zero attached hydrogens (tertiary/aromatic N) is 1. The van der Waals surface area contributed by atoms with Crippen LogP contribution in [0.15, 0.2) is 0 Å². The van der Waals surface area contributed by atoms with Crippen molar-refractivity contribution in [2.24, 2.45) is 0 Å². The Morgan fingerprint density at radius 2 is 2.10 bits per heavy atom. The van der Waals surface area contributed by atoms with E-state index in [1.165, 1.54) is 6.21 Å². The van der Waals surface area contributed by atoms with Crippen molar-refractivity contribution in [2.75, 3.05) is 20.7 Å². The van der Waals surface area contributed by atoms with E-state index in [4.69, 9.17) is 0 Å². The largest absolute Gasteiger partial charge is 1.00 e. The van der Waals surface area contributed by atoms with Crippen LogP contribution in [0.3, 0.4) is 0 Å². The molecule has 0 bridgehead atoms. The van der Waals surface area contributed by atoms with Crippen LogP contribution in [0.5, 0.6) is 0 Å². The van der Waals surface area contributed by atoms with E-state index in [0.29, 0.717) is 6.61 Å². The monoisotopic (exact) mass is 165 g/mol. The molecule has 0 N–H and O–H groups in total. The molecule has 0 aliphatic carbocycles. The van der Waals surface area contributed by atoms with Crippen LogP contribution in [-0.4, -0.2) is 37.5 Å². The van der Waals surface area contributed by atoms with Gasteiger partial charge < -0.3 is 17.1 Å². The van der Waals surface area contributed by atoms with Crippen LogP contribution in [0.2, 0.25) is 0 Å². The van der Waals surface area contributed by atoms with Crippen LogP contribution in [0.25, 0.3) is 0 Å². The Balaban J connectivity index is 0. The molecular formula is C6H12ClNO2. The topological polar surface area (TPSA) is 29.3 Å². The number of esters is 1. The highest BCUT2D eigenvalue weighted by Crippen LogP contribution is 1.70. The molecule has 0 fully saturated rings. The zero-order valence-corrected chi connectivity index (χ0v) is 7.18. The first-order chi connectivity index (χ1) is 4.16. The van der Waals surface area contributed by atoms with E-state index < -0.39 is 0 Å². The van der Waals surface area contributed by atoms with Gasteiger partial charge in [0.25, 0.3) is 0 Å². The van der Waals surface area contributed by atoms with Gasteiger partial charge in [0.1, 0.15) is 14.1 Å². The molecule has 0 amide bonds. The minimum absolute atomic E-state index is 0. The molecule has 0 aromatic carbocycles. The molecule has 3 nitrogen and oxygen atoms in total. The quantitative estimate of drug-likeness (QED) is 0.247. The fourth-order valence-corrected chi connectivity index (χ4v) is 0.390. The SMILES string of the molecule is CCOC(=O)C=[N+](C)C.[Cl-]. The van der Waals surface area contributed by atoms with Gasteiger partial charge in [0.2, 0.25) is 6.21 Å². The number of carbonyl (C=O) groups is 1. The average Bonchev–Trinajstić information content (AvgIpc) is 1.63. The Morgan fingerprint density at radius 1 is 1.60 bits per heavy atom. The first kappa shape index (κ1) is 12.1. The zero-order chi connectivity index (χ0) is 7.28. The number of hydrogen-bond acceptors (Lipinski definition) is 2. The summed E-state index contributed by atoms with van der Waals surface area (Å²) >= 11 is 0. The second-order valence-electron chi connectivity index (χ2n) is 1.84. The van der Waals surface area contributed by atoms with Crippen molar-refractivity contribution in [1.29, 1.82) is 0 Å². The second kappa shape index (κ2) is 6.55. The van der Waals surface area contributed by atoms with E-state index in [9.17, 15) is 4.79 Å². The number of ether oxygens (including phenoxy) is 1. The minimum Gasteiger partial charge on any atom is -1.00 e. The van der Waals surface area contributed by atoms with E-state index in [1.807, 2.05) is 0 Å². The summed E-state index contributed by atoms with van der Waals surface area (Å²) in [6.45, 7) is 2.21. The molecule has 4 heteroatoms. The molecule has 0 aliphatic heterocycles. The lowest BCUT2D eigenvalue weighted by Crippen LogP contribution is -3.00. The highest BCUT2D eigenvalue weighted by atomic mass is 35.5. The second-order valence-corrected chi connectivity index (χ2v) is 1.84. The van der Waals surface area contributed by atoms with Gasteiger partial charge in [0.05, 0.1) is 6.61 Å². The normalized spacial score (nSPS) is 7.50. The minimum atomic E-state index is -0.289. The summed E-state index contributed by atoms with van der Waals surface area (Å²) in [4.78, 5) is 10.5. The van der Waals surface area contributed by atoms with Gasteiger partial charge in [-0.05, 0) is 6.92 Å². The third-order valence-corrected chi connectivity index (χ3v) is 0.650. The van der Waals surface area contributed by atoms with Crippen LogP contribution in [0.4, 0.5) is 0 Å². The molecule has 0 rings (SSSR count). The summed E-state index contributed by atoms with van der Waals surface area (Å²) in [5, 5.41) is 0. The molecule has 0 saturated carbocycles. The molecule has 0 aromatic heterocycles. The first-order valence-corrected chi connectivity index (χ1v) is 2.85. The molecule has 60 valence electrons. The van der Waals surface area contributed by atoms with Crippen molar-refractivity contribution in [3.63, 3.8) is 0 Å². The van der Waals surface area contributed by atoms with Gasteiger partial charge in [0, 0.05) is 0 Å². The zero-order valence-electron chi connectivity index (χ0n) is 6.43. The van der Waals surface area contributed by atoms with Gasteiger partial charge in [-0.25, -0.2) is 9.37 Å². The van der Waals surface area contributed by atoms with Gasteiger partial charge in [-0.15, -0.1) is 0 Å². The van der Waals surface area contributed by atoms with Gasteiger partial charge in [-0.2, -0.15) is 0 Å². The van der Waals surface area contributed by atoms with Crippen LogP contribution < -0.4 is 12.4 Å². The number of halogens is 1. The van der Waals surface area contributed by atoms with Crippen LogP contribution in [0, 0.1) is 0 Å². The van der Waals surface area contributed by atoms with Crippen molar-refractivity contribution in [2.45, 2.75) is 6.92 Å². The van der Waals surface area contributed by atoms with Crippen LogP contribution in [0.1, 0.15) is 6.92 Å². The number of hydrogen-bond donors (Lipinski definition) is 0. The maximum atomic E-state index is 10.5. The molecule has 0 aromatic rings. The van der Waals surface area contributed by atoms with E-state index in [2.05, 4.69) is 4.74 Å². The Labute approximate surface area is 67.1 Å². The fourth-order valence-electron chi connectivity index (χ4n) is 0.390. The summed E-state index contributed by atoms with van der Waals surface area (Å²) in [5.41, 5.74) is 0. The molecular weight excluding hydrogens is 154 g/mol. The van der Waals surface area contributed by atoms with E-state index in [-0.39, 0.29) is 18.4 Å². The highest BCUT2D eigenvalue weighted by Gasteiger charge is 1.98. The molecule has 0 atom stereocenters. The molecule has 10 heavy (non-hydrogen) atoms. The summed E-state index contributed by atoms with van der Waals surface area (Å²) in [7, 11) is 3.55. The maximum absolute atomic E-state index is 10.5. The number of carbonyl (C=O) groups excluding carboxylic acids is 1. The molecule has 0 heterocycles. The lowest BCUT2D eigenvalue weighted by molar-refractivity contribution is -0.458. The fraction of sp³-hybridized carbons (Fsp3) is 0.667. The van der Waals surface area contributed by atoms with Gasteiger partial charge in [-0.1, -0.05) is 0 Å².